The first-order valence-corrected chi connectivity index (χ1v) is 7.69. The molecule has 114 valence electrons. The van der Waals surface area contributed by atoms with E-state index in [2.05, 4.69) is 27.6 Å². The lowest BCUT2D eigenvalue weighted by molar-refractivity contribution is 0.146. The van der Waals surface area contributed by atoms with Crippen LogP contribution in [0.3, 0.4) is 0 Å². The number of hydrogen-bond donors (Lipinski definition) is 3. The Morgan fingerprint density at radius 3 is 2.80 bits per heavy atom. The van der Waals surface area contributed by atoms with Crippen molar-refractivity contribution in [1.82, 2.24) is 15.7 Å². The number of thiazole rings is 1. The number of hydrazine groups is 1. The topological polar surface area (TPSA) is 84.6 Å². The highest BCUT2D eigenvalue weighted by molar-refractivity contribution is 7.11. The number of aliphatic imine (C=N–C) groups is 1. The molecule has 20 heavy (non-hydrogen) atoms. The lowest BCUT2D eigenvalue weighted by Gasteiger charge is -2.15. The third-order valence-corrected chi connectivity index (χ3v) is 4.00. The highest BCUT2D eigenvalue weighted by atomic mass is 32.1. The predicted molar refractivity (Wildman–Crippen MR) is 83.9 cm³/mol. The summed E-state index contributed by atoms with van der Waals surface area (Å²) in [5, 5.41) is 4.34. The summed E-state index contributed by atoms with van der Waals surface area (Å²) in [6.45, 7) is 10.2. The van der Waals surface area contributed by atoms with E-state index in [9.17, 15) is 0 Å². The smallest absolute Gasteiger partial charge is 0.206 e. The van der Waals surface area contributed by atoms with Crippen molar-refractivity contribution >= 4 is 17.3 Å². The van der Waals surface area contributed by atoms with E-state index in [0.29, 0.717) is 12.5 Å². The largest absolute Gasteiger partial charge is 0.382 e. The highest BCUT2D eigenvalue weighted by Crippen LogP contribution is 2.24. The maximum atomic E-state index is 5.50. The second-order valence-corrected chi connectivity index (χ2v) is 5.71. The molecule has 1 aromatic rings. The van der Waals surface area contributed by atoms with E-state index in [-0.39, 0.29) is 6.04 Å². The van der Waals surface area contributed by atoms with Gasteiger partial charge in [-0.3, -0.25) is 10.4 Å². The van der Waals surface area contributed by atoms with Gasteiger partial charge in [0.25, 0.3) is 0 Å². The first kappa shape index (κ1) is 16.9. The Hall–Kier alpha value is -1.18. The fourth-order valence-corrected chi connectivity index (χ4v) is 2.78. The lowest BCUT2D eigenvalue weighted by Crippen LogP contribution is -2.42. The Morgan fingerprint density at radius 1 is 1.50 bits per heavy atom. The van der Waals surface area contributed by atoms with Crippen molar-refractivity contribution < 1.29 is 4.74 Å². The second-order valence-electron chi connectivity index (χ2n) is 4.47. The zero-order valence-electron chi connectivity index (χ0n) is 12.7. The first-order valence-electron chi connectivity index (χ1n) is 6.87. The average molecular weight is 299 g/mol. The molecule has 0 aliphatic carbocycles. The van der Waals surface area contributed by atoms with Gasteiger partial charge in [-0.1, -0.05) is 0 Å². The number of aromatic nitrogens is 1. The molecule has 7 heteroatoms. The zero-order chi connectivity index (χ0) is 15.0. The molecule has 1 rings (SSSR count). The van der Waals surface area contributed by atoms with E-state index < -0.39 is 0 Å². The number of nitrogens with zero attached hydrogens (tertiary/aromatic N) is 2. The molecule has 0 saturated carbocycles. The van der Waals surface area contributed by atoms with Gasteiger partial charge in [-0.15, -0.1) is 11.3 Å². The maximum Gasteiger partial charge on any atom is 0.206 e. The molecular weight excluding hydrogens is 274 g/mol. The summed E-state index contributed by atoms with van der Waals surface area (Å²) in [6.07, 6.45) is 0.883. The minimum atomic E-state index is 0.128. The number of hydrogen-bond acceptors (Lipinski definition) is 5. The van der Waals surface area contributed by atoms with Crippen LogP contribution in [0.25, 0.3) is 0 Å². The summed E-state index contributed by atoms with van der Waals surface area (Å²) < 4.78 is 5.27. The monoisotopic (exact) mass is 299 g/mol. The highest BCUT2D eigenvalue weighted by Gasteiger charge is 2.13. The zero-order valence-corrected chi connectivity index (χ0v) is 13.5. The van der Waals surface area contributed by atoms with Gasteiger partial charge in [0, 0.05) is 24.6 Å². The van der Waals surface area contributed by atoms with Crippen LogP contribution in [-0.2, 0) is 4.74 Å². The van der Waals surface area contributed by atoms with Crippen LogP contribution in [0.15, 0.2) is 4.99 Å². The van der Waals surface area contributed by atoms with Crippen molar-refractivity contribution in [1.29, 1.82) is 0 Å². The van der Waals surface area contributed by atoms with Crippen molar-refractivity contribution in [3.8, 4) is 0 Å². The van der Waals surface area contributed by atoms with Gasteiger partial charge in [-0.25, -0.2) is 10.8 Å². The molecule has 0 aromatic carbocycles. The predicted octanol–water partition coefficient (Wildman–Crippen LogP) is 1.66. The molecule has 0 aliphatic heterocycles. The van der Waals surface area contributed by atoms with Gasteiger partial charge in [0.05, 0.1) is 16.7 Å². The molecule has 0 spiro atoms. The minimum Gasteiger partial charge on any atom is -0.382 e. The molecule has 0 amide bonds. The fourth-order valence-electron chi connectivity index (χ4n) is 1.85. The summed E-state index contributed by atoms with van der Waals surface area (Å²) in [5.41, 5.74) is 3.66. The van der Waals surface area contributed by atoms with Crippen LogP contribution in [0.2, 0.25) is 0 Å². The maximum absolute atomic E-state index is 5.50. The van der Waals surface area contributed by atoms with Gasteiger partial charge >= 0.3 is 0 Å². The SMILES string of the molecule is CCOCCCN=C(NN)NC(C)c1sc(C)nc1C. The third-order valence-electron chi connectivity index (χ3n) is 2.74. The number of rotatable bonds is 7. The van der Waals surface area contributed by atoms with Crippen LogP contribution in [-0.4, -0.2) is 30.7 Å². The van der Waals surface area contributed by atoms with Crippen molar-refractivity contribution in [2.45, 2.75) is 40.2 Å². The molecule has 0 radical (unpaired) electrons. The van der Waals surface area contributed by atoms with Crippen LogP contribution in [0.1, 0.15) is 41.9 Å². The molecule has 0 saturated heterocycles. The Labute approximate surface area is 124 Å². The Morgan fingerprint density at radius 2 is 2.25 bits per heavy atom. The molecule has 1 unspecified atom stereocenters. The van der Waals surface area contributed by atoms with Gasteiger partial charge in [-0.2, -0.15) is 0 Å². The molecule has 4 N–H and O–H groups in total. The minimum absolute atomic E-state index is 0.128. The van der Waals surface area contributed by atoms with Gasteiger partial charge in [0.15, 0.2) is 0 Å². The van der Waals surface area contributed by atoms with Crippen molar-refractivity contribution in [3.63, 3.8) is 0 Å². The van der Waals surface area contributed by atoms with Crippen molar-refractivity contribution in [3.05, 3.63) is 15.6 Å². The molecule has 0 fully saturated rings. The van der Waals surface area contributed by atoms with Crippen LogP contribution in [0.5, 0.6) is 0 Å². The Kier molecular flexibility index (Phi) is 7.50. The van der Waals surface area contributed by atoms with Crippen LogP contribution < -0.4 is 16.6 Å². The summed E-state index contributed by atoms with van der Waals surface area (Å²) in [5.74, 6) is 6.09. The number of nitrogens with one attached hydrogen (secondary N) is 2. The van der Waals surface area contributed by atoms with E-state index in [1.165, 1.54) is 4.88 Å². The molecule has 1 heterocycles. The van der Waals surface area contributed by atoms with Crippen molar-refractivity contribution in [2.24, 2.45) is 10.8 Å². The number of nitrogens with two attached hydrogens (primary N) is 1. The number of aryl methyl sites for hydroxylation is 2. The summed E-state index contributed by atoms with van der Waals surface area (Å²) >= 11 is 1.69. The summed E-state index contributed by atoms with van der Waals surface area (Å²) in [6, 6.07) is 0.128. The second kappa shape index (κ2) is 8.89. The van der Waals surface area contributed by atoms with Gasteiger partial charge in [0.2, 0.25) is 5.96 Å². The standard InChI is InChI=1S/C13H25N5OS/c1-5-19-8-6-7-15-13(18-14)17-10(3)12-9(2)16-11(4)20-12/h10H,5-8,14H2,1-4H3,(H2,15,17,18). The number of guanidine groups is 1. The average Bonchev–Trinajstić information content (AvgIpc) is 2.76. The first-order chi connectivity index (χ1) is 9.58. The molecule has 0 aliphatic rings. The Balaban J connectivity index is 2.50. The lowest BCUT2D eigenvalue weighted by atomic mass is 10.2. The van der Waals surface area contributed by atoms with Crippen LogP contribution >= 0.6 is 11.3 Å². The van der Waals surface area contributed by atoms with Gasteiger partial charge < -0.3 is 10.1 Å². The van der Waals surface area contributed by atoms with Gasteiger partial charge in [-0.05, 0) is 34.1 Å². The van der Waals surface area contributed by atoms with E-state index in [1.807, 2.05) is 20.8 Å². The Bertz CT molecular complexity index is 432. The van der Waals surface area contributed by atoms with Crippen molar-refractivity contribution in [2.75, 3.05) is 19.8 Å². The van der Waals surface area contributed by atoms with E-state index in [1.54, 1.807) is 11.3 Å². The third kappa shape index (κ3) is 5.44. The molecule has 0 bridgehead atoms. The van der Waals surface area contributed by atoms with Crippen LogP contribution in [0, 0.1) is 13.8 Å². The van der Waals surface area contributed by atoms with Gasteiger partial charge in [0.1, 0.15) is 0 Å². The number of ether oxygens (including phenoxy) is 1. The molecule has 1 aromatic heterocycles. The molecular formula is C13H25N5OS. The molecule has 6 nitrogen and oxygen atoms in total. The molecule has 1 atom stereocenters. The summed E-state index contributed by atoms with van der Waals surface area (Å²) in [7, 11) is 0. The van der Waals surface area contributed by atoms with E-state index in [0.717, 1.165) is 30.3 Å². The quantitative estimate of drug-likeness (QED) is 0.234. The fraction of sp³-hybridized carbons (Fsp3) is 0.692. The van der Waals surface area contributed by atoms with E-state index >= 15 is 0 Å². The van der Waals surface area contributed by atoms with Crippen LogP contribution in [0.4, 0.5) is 0 Å². The summed E-state index contributed by atoms with van der Waals surface area (Å²) in [4.78, 5) is 10.0. The van der Waals surface area contributed by atoms with E-state index in [4.69, 9.17) is 10.6 Å². The normalized spacial score (nSPS) is 13.3.